The first-order valence-electron chi connectivity index (χ1n) is 8.86. The Hall–Kier alpha value is -3.94. The van der Waals surface area contributed by atoms with E-state index in [0.29, 0.717) is 5.75 Å². The third-order valence-corrected chi connectivity index (χ3v) is 4.80. The van der Waals surface area contributed by atoms with Gasteiger partial charge in [-0.25, -0.2) is 8.78 Å². The molecule has 3 aromatic rings. The van der Waals surface area contributed by atoms with Crippen molar-refractivity contribution in [1.29, 1.82) is 0 Å². The van der Waals surface area contributed by atoms with Crippen molar-refractivity contribution in [1.82, 2.24) is 0 Å². The molecule has 1 aromatic heterocycles. The second-order valence-corrected chi connectivity index (χ2v) is 6.51. The van der Waals surface area contributed by atoms with Gasteiger partial charge in [-0.2, -0.15) is 0 Å². The van der Waals surface area contributed by atoms with Gasteiger partial charge >= 0.3 is 0 Å². The normalized spacial score (nSPS) is 18.1. The third kappa shape index (κ3) is 3.12. The van der Waals surface area contributed by atoms with Crippen LogP contribution in [0.3, 0.4) is 0 Å². The highest BCUT2D eigenvalue weighted by Gasteiger charge is 2.48. The maximum atomic E-state index is 13.8. The Bertz CT molecular complexity index is 1150. The lowest BCUT2D eigenvalue weighted by Gasteiger charge is -2.23. The van der Waals surface area contributed by atoms with Crippen LogP contribution in [0.4, 0.5) is 14.5 Å². The predicted molar refractivity (Wildman–Crippen MR) is 103 cm³/mol. The molecule has 0 radical (unpaired) electrons. The van der Waals surface area contributed by atoms with Gasteiger partial charge in [-0.05, 0) is 48.5 Å². The summed E-state index contributed by atoms with van der Waals surface area (Å²) in [6.45, 7) is 0. The van der Waals surface area contributed by atoms with E-state index in [-0.39, 0.29) is 22.6 Å². The van der Waals surface area contributed by atoms with Gasteiger partial charge in [0.2, 0.25) is 0 Å². The molecule has 2 heterocycles. The Morgan fingerprint density at radius 1 is 1.07 bits per heavy atom. The SMILES string of the molecule is COc1ccc(/C(O)=C2/C(=O)C(=O)N(c3ccc(F)c(F)c3)C2c2ccco2)cc1. The van der Waals surface area contributed by atoms with E-state index >= 15 is 0 Å². The standard InChI is InChI=1S/C22H15F2NO5/c1-29-14-7-4-12(5-8-14)20(26)18-19(17-3-2-10-30-17)25(22(28)21(18)27)13-6-9-15(23)16(24)11-13/h2-11,19,26H,1H3/b20-18-. The molecular weight excluding hydrogens is 396 g/mol. The van der Waals surface area contributed by atoms with E-state index in [4.69, 9.17) is 9.15 Å². The molecule has 0 bridgehead atoms. The van der Waals surface area contributed by atoms with Crippen LogP contribution in [0.2, 0.25) is 0 Å². The zero-order valence-corrected chi connectivity index (χ0v) is 15.6. The molecule has 8 heteroatoms. The van der Waals surface area contributed by atoms with Crippen LogP contribution in [0.1, 0.15) is 17.4 Å². The van der Waals surface area contributed by atoms with Crippen molar-refractivity contribution in [3.8, 4) is 5.75 Å². The number of benzene rings is 2. The van der Waals surface area contributed by atoms with E-state index in [1.54, 1.807) is 18.2 Å². The van der Waals surface area contributed by atoms with Gasteiger partial charge in [0.1, 0.15) is 23.3 Å². The first-order chi connectivity index (χ1) is 14.4. The molecule has 1 unspecified atom stereocenters. The minimum absolute atomic E-state index is 0.0498. The number of amides is 1. The maximum absolute atomic E-state index is 13.8. The van der Waals surface area contributed by atoms with Gasteiger partial charge in [-0.3, -0.25) is 14.5 Å². The third-order valence-electron chi connectivity index (χ3n) is 4.80. The van der Waals surface area contributed by atoms with Gasteiger partial charge in [0.15, 0.2) is 11.6 Å². The van der Waals surface area contributed by atoms with Crippen molar-refractivity contribution >= 4 is 23.1 Å². The fraction of sp³-hybridized carbons (Fsp3) is 0.0909. The van der Waals surface area contributed by atoms with Crippen LogP contribution in [-0.4, -0.2) is 23.9 Å². The number of hydrogen-bond acceptors (Lipinski definition) is 5. The summed E-state index contributed by atoms with van der Waals surface area (Å²) in [4.78, 5) is 26.6. The number of carbonyl (C=O) groups excluding carboxylic acids is 2. The molecule has 152 valence electrons. The molecule has 0 saturated carbocycles. The fourth-order valence-corrected chi connectivity index (χ4v) is 3.35. The predicted octanol–water partition coefficient (Wildman–Crippen LogP) is 4.19. The van der Waals surface area contributed by atoms with Crippen LogP contribution >= 0.6 is 0 Å². The average Bonchev–Trinajstić information content (AvgIpc) is 3.37. The van der Waals surface area contributed by atoms with E-state index in [1.807, 2.05) is 0 Å². The number of methoxy groups -OCH3 is 1. The summed E-state index contributed by atoms with van der Waals surface area (Å²) in [6.07, 6.45) is 1.34. The number of ketones is 1. The number of aliphatic hydroxyl groups excluding tert-OH is 1. The zero-order chi connectivity index (χ0) is 21.4. The molecule has 0 aliphatic carbocycles. The number of aliphatic hydroxyl groups is 1. The Labute approximate surface area is 169 Å². The van der Waals surface area contributed by atoms with Gasteiger partial charge in [-0.15, -0.1) is 0 Å². The number of halogens is 2. The van der Waals surface area contributed by atoms with Crippen LogP contribution in [0.15, 0.2) is 70.9 Å². The summed E-state index contributed by atoms with van der Waals surface area (Å²) in [5, 5.41) is 10.9. The smallest absolute Gasteiger partial charge is 0.300 e. The van der Waals surface area contributed by atoms with Crippen molar-refractivity contribution in [3.63, 3.8) is 0 Å². The highest BCUT2D eigenvalue weighted by Crippen LogP contribution is 2.42. The topological polar surface area (TPSA) is 80.0 Å². The number of furan rings is 1. The zero-order valence-electron chi connectivity index (χ0n) is 15.6. The van der Waals surface area contributed by atoms with Crippen LogP contribution in [0.5, 0.6) is 5.75 Å². The molecule has 1 fully saturated rings. The molecule has 6 nitrogen and oxygen atoms in total. The number of anilines is 1. The summed E-state index contributed by atoms with van der Waals surface area (Å²) in [5.41, 5.74) is -0.00771. The Morgan fingerprint density at radius 3 is 2.40 bits per heavy atom. The minimum Gasteiger partial charge on any atom is -0.507 e. The first kappa shape index (κ1) is 19.4. The molecule has 1 aliphatic rings. The van der Waals surface area contributed by atoms with Gasteiger partial charge in [0.05, 0.1) is 18.9 Å². The highest BCUT2D eigenvalue weighted by molar-refractivity contribution is 6.51. The number of ether oxygens (including phenoxy) is 1. The summed E-state index contributed by atoms with van der Waals surface area (Å²) >= 11 is 0. The molecule has 0 spiro atoms. The summed E-state index contributed by atoms with van der Waals surface area (Å²) < 4.78 is 37.7. The van der Waals surface area contributed by atoms with E-state index in [2.05, 4.69) is 0 Å². The number of hydrogen-bond donors (Lipinski definition) is 1. The monoisotopic (exact) mass is 411 g/mol. The van der Waals surface area contributed by atoms with Crippen LogP contribution in [-0.2, 0) is 9.59 Å². The van der Waals surface area contributed by atoms with E-state index < -0.39 is 35.1 Å². The van der Waals surface area contributed by atoms with Crippen LogP contribution in [0, 0.1) is 11.6 Å². The molecule has 2 aromatic carbocycles. The van der Waals surface area contributed by atoms with E-state index in [9.17, 15) is 23.5 Å². The van der Waals surface area contributed by atoms with Crippen LogP contribution in [0.25, 0.3) is 5.76 Å². The second kappa shape index (κ2) is 7.47. The molecule has 1 atom stereocenters. The Kier molecular flexibility index (Phi) is 4.83. The number of carbonyl (C=O) groups is 2. The lowest BCUT2D eigenvalue weighted by molar-refractivity contribution is -0.132. The molecule has 30 heavy (non-hydrogen) atoms. The quantitative estimate of drug-likeness (QED) is 0.396. The first-order valence-corrected chi connectivity index (χ1v) is 8.86. The van der Waals surface area contributed by atoms with Crippen molar-refractivity contribution in [2.45, 2.75) is 6.04 Å². The van der Waals surface area contributed by atoms with Gasteiger partial charge in [0, 0.05) is 17.3 Å². The van der Waals surface area contributed by atoms with Gasteiger partial charge in [0.25, 0.3) is 11.7 Å². The molecule has 1 amide bonds. The average molecular weight is 411 g/mol. The van der Waals surface area contributed by atoms with E-state index in [0.717, 1.165) is 17.0 Å². The van der Waals surface area contributed by atoms with Crippen molar-refractivity contribution in [2.75, 3.05) is 12.0 Å². The highest BCUT2D eigenvalue weighted by atomic mass is 19.2. The lowest BCUT2D eigenvalue weighted by Crippen LogP contribution is -2.29. The van der Waals surface area contributed by atoms with Crippen LogP contribution < -0.4 is 9.64 Å². The molecular formula is C22H15F2NO5. The van der Waals surface area contributed by atoms with Crippen molar-refractivity contribution < 1.29 is 32.6 Å². The summed E-state index contributed by atoms with van der Waals surface area (Å²) in [5.74, 6) is -3.97. The van der Waals surface area contributed by atoms with Crippen molar-refractivity contribution in [3.05, 3.63) is 89.4 Å². The molecule has 1 aliphatic heterocycles. The molecule has 1 N–H and O–H groups in total. The minimum atomic E-state index is -1.18. The van der Waals surface area contributed by atoms with E-state index in [1.165, 1.54) is 37.6 Å². The molecule has 4 rings (SSSR count). The largest absolute Gasteiger partial charge is 0.507 e. The Balaban J connectivity index is 1.90. The fourth-order valence-electron chi connectivity index (χ4n) is 3.35. The number of Topliss-reactive ketones (excluding diaryl/α,β-unsaturated/α-hetero) is 1. The summed E-state index contributed by atoms with van der Waals surface area (Å²) in [7, 11) is 1.49. The lowest BCUT2D eigenvalue weighted by atomic mass is 9.99. The summed E-state index contributed by atoms with van der Waals surface area (Å²) in [6, 6.07) is 11.0. The second-order valence-electron chi connectivity index (χ2n) is 6.51. The Morgan fingerprint density at radius 2 is 1.80 bits per heavy atom. The number of rotatable bonds is 4. The number of nitrogens with zero attached hydrogens (tertiary/aromatic N) is 1. The van der Waals surface area contributed by atoms with Crippen molar-refractivity contribution in [2.24, 2.45) is 0 Å². The maximum Gasteiger partial charge on any atom is 0.300 e. The molecule has 1 saturated heterocycles. The van der Waals surface area contributed by atoms with Gasteiger partial charge < -0.3 is 14.3 Å². The van der Waals surface area contributed by atoms with Gasteiger partial charge in [-0.1, -0.05) is 0 Å².